The predicted octanol–water partition coefficient (Wildman–Crippen LogP) is 14.0. The average molecular weight is 709 g/mol. The topological polar surface area (TPSA) is 72.8 Å². The van der Waals surface area contributed by atoms with Crippen molar-refractivity contribution in [3.05, 3.63) is 0 Å². The van der Waals surface area contributed by atoms with E-state index in [0.29, 0.717) is 12.8 Å². The molecule has 1 unspecified atom stereocenters. The molecule has 298 valence electrons. The maximum Gasteiger partial charge on any atom is 0.305 e. The Bertz CT molecular complexity index is 708. The highest BCUT2D eigenvalue weighted by Crippen LogP contribution is 2.17. The quantitative estimate of drug-likeness (QED) is 0.0507. The van der Waals surface area contributed by atoms with Crippen LogP contribution in [0.25, 0.3) is 0 Å². The zero-order valence-electron chi connectivity index (χ0n) is 34.3. The first kappa shape index (κ1) is 48.9. The molecule has 0 radical (unpaired) electrons. The number of aliphatic hydroxyl groups is 1. The van der Waals surface area contributed by atoms with Gasteiger partial charge in [-0.25, -0.2) is 0 Å². The van der Waals surface area contributed by atoms with Gasteiger partial charge in [-0.3, -0.25) is 9.59 Å². The van der Waals surface area contributed by atoms with Crippen LogP contribution in [0.4, 0.5) is 0 Å². The molecule has 0 saturated carbocycles. The third-order valence-corrected chi connectivity index (χ3v) is 10.6. The van der Waals surface area contributed by atoms with Crippen LogP contribution in [0.3, 0.4) is 0 Å². The minimum Gasteiger partial charge on any atom is -0.463 e. The SMILES string of the molecule is CCC(C)CCCCCCCCCCCCCCCCC(=O)OC[C@@H](O)COC(=O)CCCCCCCCCCCCCCCCCC(C)C. The Morgan fingerprint density at radius 1 is 0.420 bits per heavy atom. The normalized spacial score (nSPS) is 12.8. The van der Waals surface area contributed by atoms with Crippen molar-refractivity contribution in [2.45, 2.75) is 252 Å². The Morgan fingerprint density at radius 2 is 0.680 bits per heavy atom. The number of esters is 2. The van der Waals surface area contributed by atoms with Crippen LogP contribution in [0.1, 0.15) is 246 Å². The maximum atomic E-state index is 12.0. The molecule has 0 aliphatic rings. The van der Waals surface area contributed by atoms with Gasteiger partial charge in [0.05, 0.1) is 0 Å². The van der Waals surface area contributed by atoms with E-state index in [4.69, 9.17) is 9.47 Å². The molecule has 0 fully saturated rings. The lowest BCUT2D eigenvalue weighted by Crippen LogP contribution is -2.25. The summed E-state index contributed by atoms with van der Waals surface area (Å²) in [5.74, 6) is 1.21. The van der Waals surface area contributed by atoms with E-state index in [-0.39, 0.29) is 25.2 Å². The zero-order chi connectivity index (χ0) is 36.8. The Balaban J connectivity index is 3.37. The van der Waals surface area contributed by atoms with E-state index >= 15 is 0 Å². The van der Waals surface area contributed by atoms with Crippen molar-refractivity contribution in [2.75, 3.05) is 13.2 Å². The highest BCUT2D eigenvalue weighted by Gasteiger charge is 2.12. The van der Waals surface area contributed by atoms with E-state index in [1.165, 1.54) is 180 Å². The zero-order valence-corrected chi connectivity index (χ0v) is 34.3. The molecule has 0 rings (SSSR count). The van der Waals surface area contributed by atoms with Gasteiger partial charge in [-0.15, -0.1) is 0 Å². The largest absolute Gasteiger partial charge is 0.463 e. The lowest BCUT2D eigenvalue weighted by Gasteiger charge is -2.12. The van der Waals surface area contributed by atoms with Gasteiger partial charge in [0.15, 0.2) is 0 Å². The van der Waals surface area contributed by atoms with Crippen LogP contribution < -0.4 is 0 Å². The average Bonchev–Trinajstić information content (AvgIpc) is 3.10. The lowest BCUT2D eigenvalue weighted by molar-refractivity contribution is -0.152. The maximum absolute atomic E-state index is 12.0. The second kappa shape index (κ2) is 39.1. The summed E-state index contributed by atoms with van der Waals surface area (Å²) in [6, 6.07) is 0. The van der Waals surface area contributed by atoms with Gasteiger partial charge in [-0.2, -0.15) is 0 Å². The number of ether oxygens (including phenoxy) is 2. The highest BCUT2D eigenvalue weighted by atomic mass is 16.6. The van der Waals surface area contributed by atoms with Crippen molar-refractivity contribution >= 4 is 11.9 Å². The van der Waals surface area contributed by atoms with Crippen molar-refractivity contribution < 1.29 is 24.2 Å². The molecule has 5 heteroatoms. The molecule has 0 aromatic carbocycles. The van der Waals surface area contributed by atoms with Crippen LogP contribution in [-0.4, -0.2) is 36.4 Å². The van der Waals surface area contributed by atoms with Crippen molar-refractivity contribution in [2.24, 2.45) is 11.8 Å². The van der Waals surface area contributed by atoms with E-state index in [0.717, 1.165) is 37.5 Å². The van der Waals surface area contributed by atoms with E-state index < -0.39 is 6.10 Å². The van der Waals surface area contributed by atoms with E-state index in [1.807, 2.05) is 0 Å². The fraction of sp³-hybridized carbons (Fsp3) is 0.956. The monoisotopic (exact) mass is 709 g/mol. The number of carbonyl (C=O) groups is 2. The van der Waals surface area contributed by atoms with E-state index in [2.05, 4.69) is 27.7 Å². The lowest BCUT2D eigenvalue weighted by atomic mass is 9.99. The Hall–Kier alpha value is -1.10. The smallest absolute Gasteiger partial charge is 0.305 e. The van der Waals surface area contributed by atoms with Gasteiger partial charge in [0, 0.05) is 12.8 Å². The Labute approximate surface area is 312 Å². The van der Waals surface area contributed by atoms with E-state index in [1.54, 1.807) is 0 Å². The Morgan fingerprint density at radius 3 is 0.960 bits per heavy atom. The Kier molecular flexibility index (Phi) is 38.3. The number of carbonyl (C=O) groups excluding carboxylic acids is 2. The number of rotatable bonds is 40. The summed E-state index contributed by atoms with van der Waals surface area (Å²) in [6.45, 7) is 9.09. The molecule has 0 bridgehead atoms. The van der Waals surface area contributed by atoms with Crippen LogP contribution in [0, 0.1) is 11.8 Å². The molecule has 0 amide bonds. The number of hydrogen-bond donors (Lipinski definition) is 1. The van der Waals surface area contributed by atoms with Gasteiger partial charge in [0.1, 0.15) is 19.3 Å². The van der Waals surface area contributed by atoms with Crippen LogP contribution in [0.5, 0.6) is 0 Å². The summed E-state index contributed by atoms with van der Waals surface area (Å²) in [6.07, 6.45) is 41.6. The number of unbranched alkanes of at least 4 members (excludes halogenated alkanes) is 27. The van der Waals surface area contributed by atoms with Crippen molar-refractivity contribution in [1.82, 2.24) is 0 Å². The summed E-state index contributed by atoms with van der Waals surface area (Å²) in [4.78, 5) is 24.0. The molecule has 2 atom stereocenters. The first-order valence-corrected chi connectivity index (χ1v) is 22.3. The minimum absolute atomic E-state index is 0.108. The van der Waals surface area contributed by atoms with Crippen molar-refractivity contribution in [3.8, 4) is 0 Å². The molecule has 50 heavy (non-hydrogen) atoms. The number of aliphatic hydroxyl groups excluding tert-OH is 1. The third-order valence-electron chi connectivity index (χ3n) is 10.6. The fourth-order valence-electron chi connectivity index (χ4n) is 6.78. The molecule has 0 aliphatic carbocycles. The molecule has 0 aromatic heterocycles. The summed E-state index contributed by atoms with van der Waals surface area (Å²) < 4.78 is 10.4. The minimum atomic E-state index is -0.957. The molecular weight excluding hydrogens is 620 g/mol. The van der Waals surface area contributed by atoms with Gasteiger partial charge in [-0.1, -0.05) is 220 Å². The second-order valence-electron chi connectivity index (χ2n) is 16.3. The van der Waals surface area contributed by atoms with Gasteiger partial charge >= 0.3 is 11.9 Å². The van der Waals surface area contributed by atoms with Crippen LogP contribution in [0.15, 0.2) is 0 Å². The molecule has 0 aliphatic heterocycles. The van der Waals surface area contributed by atoms with Crippen LogP contribution in [0.2, 0.25) is 0 Å². The van der Waals surface area contributed by atoms with E-state index in [9.17, 15) is 14.7 Å². The second-order valence-corrected chi connectivity index (χ2v) is 16.3. The standard InChI is InChI=1S/C45H88O5/c1-5-42(4)36-32-28-24-20-16-12-9-10-14-18-22-26-30-34-38-45(48)50-40-43(46)39-49-44(47)37-33-29-25-21-17-13-8-6-7-11-15-19-23-27-31-35-41(2)3/h41-43,46H,5-40H2,1-4H3/t42?,43-/m0/s1. The summed E-state index contributed by atoms with van der Waals surface area (Å²) in [7, 11) is 0. The fourth-order valence-corrected chi connectivity index (χ4v) is 6.78. The van der Waals surface area contributed by atoms with Gasteiger partial charge in [0.2, 0.25) is 0 Å². The molecule has 0 aromatic rings. The van der Waals surface area contributed by atoms with Crippen LogP contribution in [-0.2, 0) is 19.1 Å². The first-order chi connectivity index (χ1) is 24.3. The molecule has 1 N–H and O–H groups in total. The summed E-state index contributed by atoms with van der Waals surface area (Å²) >= 11 is 0. The first-order valence-electron chi connectivity index (χ1n) is 22.3. The van der Waals surface area contributed by atoms with Crippen LogP contribution >= 0.6 is 0 Å². The molecular formula is C45H88O5. The summed E-state index contributed by atoms with van der Waals surface area (Å²) in [5.41, 5.74) is 0. The molecule has 0 saturated heterocycles. The van der Waals surface area contributed by atoms with Crippen molar-refractivity contribution in [3.63, 3.8) is 0 Å². The molecule has 5 nitrogen and oxygen atoms in total. The highest BCUT2D eigenvalue weighted by molar-refractivity contribution is 5.69. The third kappa shape index (κ3) is 39.7. The predicted molar refractivity (Wildman–Crippen MR) is 215 cm³/mol. The summed E-state index contributed by atoms with van der Waals surface area (Å²) in [5, 5.41) is 10.0. The van der Waals surface area contributed by atoms with Gasteiger partial charge in [-0.05, 0) is 24.7 Å². The van der Waals surface area contributed by atoms with Gasteiger partial charge in [0.25, 0.3) is 0 Å². The molecule has 0 spiro atoms. The molecule has 0 heterocycles. The van der Waals surface area contributed by atoms with Crippen molar-refractivity contribution in [1.29, 1.82) is 0 Å². The number of hydrogen-bond acceptors (Lipinski definition) is 5. The van der Waals surface area contributed by atoms with Gasteiger partial charge < -0.3 is 14.6 Å².